The van der Waals surface area contributed by atoms with Crippen LogP contribution in [0.15, 0.2) is 18.3 Å². The van der Waals surface area contributed by atoms with E-state index in [9.17, 15) is 4.79 Å². The molecule has 0 saturated heterocycles. The van der Waals surface area contributed by atoms with Gasteiger partial charge in [0, 0.05) is 6.07 Å². The minimum atomic E-state index is -0.904. The van der Waals surface area contributed by atoms with Gasteiger partial charge in [0.05, 0.1) is 18.5 Å². The van der Waals surface area contributed by atoms with Gasteiger partial charge in [0.25, 0.3) is 0 Å². The number of ether oxygens (including phenoxy) is 1. The van der Waals surface area contributed by atoms with Crippen LogP contribution in [0.4, 0.5) is 5.69 Å². The van der Waals surface area contributed by atoms with E-state index < -0.39 is 5.97 Å². The van der Waals surface area contributed by atoms with Crippen molar-refractivity contribution in [3.63, 3.8) is 0 Å². The molecule has 0 spiro atoms. The molecular weight excluding hydrogens is 184 g/mol. The molecule has 0 amide bonds. The summed E-state index contributed by atoms with van der Waals surface area (Å²) >= 11 is 0. The van der Waals surface area contributed by atoms with Crippen LogP contribution in [0, 0.1) is 0 Å². The smallest absolute Gasteiger partial charge is 0.322 e. The number of hydrogen-bond acceptors (Lipinski definition) is 4. The average molecular weight is 196 g/mol. The van der Waals surface area contributed by atoms with Crippen LogP contribution < -0.4 is 10.1 Å². The Hall–Kier alpha value is -1.78. The zero-order valence-electron chi connectivity index (χ0n) is 7.86. The van der Waals surface area contributed by atoms with Crippen LogP contribution in [0.5, 0.6) is 5.88 Å². The van der Waals surface area contributed by atoms with Crippen LogP contribution in [0.1, 0.15) is 6.92 Å². The van der Waals surface area contributed by atoms with Crippen molar-refractivity contribution in [2.75, 3.05) is 18.5 Å². The van der Waals surface area contributed by atoms with Crippen LogP contribution in [0.2, 0.25) is 0 Å². The number of hydrogen-bond donors (Lipinski definition) is 2. The number of nitrogens with zero attached hydrogens (tertiary/aromatic N) is 1. The van der Waals surface area contributed by atoms with Crippen molar-refractivity contribution < 1.29 is 14.6 Å². The number of aromatic nitrogens is 1. The molecule has 76 valence electrons. The molecule has 1 heterocycles. The fourth-order valence-corrected chi connectivity index (χ4v) is 0.896. The van der Waals surface area contributed by atoms with E-state index in [1.165, 1.54) is 6.20 Å². The molecule has 0 bridgehead atoms. The number of carbonyl (C=O) groups is 1. The van der Waals surface area contributed by atoms with Crippen LogP contribution in [0.25, 0.3) is 0 Å². The lowest BCUT2D eigenvalue weighted by molar-refractivity contribution is -0.134. The minimum Gasteiger partial charge on any atom is -0.480 e. The molecule has 0 fully saturated rings. The monoisotopic (exact) mass is 196 g/mol. The first-order valence-corrected chi connectivity index (χ1v) is 4.27. The normalized spacial score (nSPS) is 9.50. The summed E-state index contributed by atoms with van der Waals surface area (Å²) in [7, 11) is 0. The summed E-state index contributed by atoms with van der Waals surface area (Å²) in [4.78, 5) is 14.2. The number of pyridine rings is 1. The number of anilines is 1. The summed E-state index contributed by atoms with van der Waals surface area (Å²) in [5.41, 5.74) is 0.663. The van der Waals surface area contributed by atoms with Crippen molar-refractivity contribution in [2.45, 2.75) is 6.92 Å². The molecule has 14 heavy (non-hydrogen) atoms. The van der Waals surface area contributed by atoms with Crippen molar-refractivity contribution in [2.24, 2.45) is 0 Å². The maximum atomic E-state index is 10.2. The SMILES string of the molecule is CCOc1ccc(NCC(=O)O)cn1. The standard InChI is InChI=1S/C9H12N2O3/c1-2-14-8-4-3-7(5-11-8)10-6-9(12)13/h3-5,10H,2,6H2,1H3,(H,12,13). The van der Waals surface area contributed by atoms with Gasteiger partial charge in [0.15, 0.2) is 0 Å². The Balaban J connectivity index is 2.50. The minimum absolute atomic E-state index is 0.115. The third kappa shape index (κ3) is 3.30. The third-order valence-electron chi connectivity index (χ3n) is 1.47. The lowest BCUT2D eigenvalue weighted by atomic mass is 10.4. The summed E-state index contributed by atoms with van der Waals surface area (Å²) < 4.78 is 5.13. The second-order valence-corrected chi connectivity index (χ2v) is 2.57. The summed E-state index contributed by atoms with van der Waals surface area (Å²) in [5, 5.41) is 11.1. The third-order valence-corrected chi connectivity index (χ3v) is 1.47. The Morgan fingerprint density at radius 2 is 2.43 bits per heavy atom. The maximum Gasteiger partial charge on any atom is 0.322 e. The van der Waals surface area contributed by atoms with Gasteiger partial charge in [0.2, 0.25) is 5.88 Å². The quantitative estimate of drug-likeness (QED) is 0.734. The number of carboxylic acids is 1. The maximum absolute atomic E-state index is 10.2. The van der Waals surface area contributed by atoms with E-state index in [0.717, 1.165) is 0 Å². The van der Waals surface area contributed by atoms with Crippen molar-refractivity contribution >= 4 is 11.7 Å². The van der Waals surface area contributed by atoms with E-state index >= 15 is 0 Å². The Kier molecular flexibility index (Phi) is 3.72. The molecule has 0 unspecified atom stereocenters. The van der Waals surface area contributed by atoms with Gasteiger partial charge >= 0.3 is 5.97 Å². The van der Waals surface area contributed by atoms with E-state index in [1.807, 2.05) is 6.92 Å². The van der Waals surface area contributed by atoms with Gasteiger partial charge in [-0.1, -0.05) is 0 Å². The Morgan fingerprint density at radius 1 is 1.64 bits per heavy atom. The van der Waals surface area contributed by atoms with Gasteiger partial charge in [-0.05, 0) is 13.0 Å². The average Bonchev–Trinajstić information content (AvgIpc) is 2.17. The molecule has 5 heteroatoms. The highest BCUT2D eigenvalue weighted by molar-refractivity contribution is 5.72. The van der Waals surface area contributed by atoms with Gasteiger partial charge in [-0.15, -0.1) is 0 Å². The second-order valence-electron chi connectivity index (χ2n) is 2.57. The Labute approximate surface area is 81.7 Å². The molecule has 0 aromatic carbocycles. The molecule has 0 radical (unpaired) electrons. The largest absolute Gasteiger partial charge is 0.480 e. The van der Waals surface area contributed by atoms with Gasteiger partial charge < -0.3 is 15.2 Å². The van der Waals surface area contributed by atoms with Crippen molar-refractivity contribution in [1.82, 2.24) is 4.98 Å². The van der Waals surface area contributed by atoms with Gasteiger partial charge in [-0.25, -0.2) is 4.98 Å². The first kappa shape index (κ1) is 10.3. The van der Waals surface area contributed by atoms with Gasteiger partial charge in [-0.3, -0.25) is 4.79 Å². The van der Waals surface area contributed by atoms with Crippen molar-refractivity contribution in [3.8, 4) is 5.88 Å². The van der Waals surface area contributed by atoms with Gasteiger partial charge in [0.1, 0.15) is 6.54 Å². The zero-order valence-corrected chi connectivity index (χ0v) is 7.86. The highest BCUT2D eigenvalue weighted by Gasteiger charge is 1.98. The molecule has 0 aliphatic heterocycles. The van der Waals surface area contributed by atoms with E-state index in [2.05, 4.69) is 10.3 Å². The second kappa shape index (κ2) is 5.06. The Bertz CT molecular complexity index is 297. The van der Waals surface area contributed by atoms with E-state index in [1.54, 1.807) is 12.1 Å². The van der Waals surface area contributed by atoms with Crippen LogP contribution in [0.3, 0.4) is 0 Å². The molecule has 0 atom stereocenters. The number of nitrogens with one attached hydrogen (secondary N) is 1. The van der Waals surface area contributed by atoms with Crippen LogP contribution in [-0.4, -0.2) is 29.2 Å². The lowest BCUT2D eigenvalue weighted by Crippen LogP contribution is -2.12. The highest BCUT2D eigenvalue weighted by Crippen LogP contribution is 2.10. The summed E-state index contributed by atoms with van der Waals surface area (Å²) in [6.07, 6.45) is 1.54. The number of aliphatic carboxylic acids is 1. The first-order chi connectivity index (χ1) is 6.72. The first-order valence-electron chi connectivity index (χ1n) is 4.27. The fourth-order valence-electron chi connectivity index (χ4n) is 0.896. The van der Waals surface area contributed by atoms with Crippen molar-refractivity contribution in [1.29, 1.82) is 0 Å². The topological polar surface area (TPSA) is 71.5 Å². The molecule has 2 N–H and O–H groups in total. The van der Waals surface area contributed by atoms with E-state index in [0.29, 0.717) is 18.2 Å². The molecule has 1 aromatic rings. The lowest BCUT2D eigenvalue weighted by Gasteiger charge is -2.04. The molecule has 0 aliphatic carbocycles. The molecular formula is C9H12N2O3. The molecule has 0 aliphatic rings. The summed E-state index contributed by atoms with van der Waals surface area (Å²) in [6, 6.07) is 3.41. The zero-order chi connectivity index (χ0) is 10.4. The van der Waals surface area contributed by atoms with Crippen LogP contribution >= 0.6 is 0 Å². The predicted octanol–water partition coefficient (Wildman–Crippen LogP) is 0.977. The van der Waals surface area contributed by atoms with E-state index in [-0.39, 0.29) is 6.54 Å². The summed E-state index contributed by atoms with van der Waals surface area (Å²) in [6.45, 7) is 2.32. The predicted molar refractivity (Wildman–Crippen MR) is 51.5 cm³/mol. The Morgan fingerprint density at radius 3 is 2.93 bits per heavy atom. The fraction of sp³-hybridized carbons (Fsp3) is 0.333. The summed E-state index contributed by atoms with van der Waals surface area (Å²) in [5.74, 6) is -0.368. The van der Waals surface area contributed by atoms with Crippen molar-refractivity contribution in [3.05, 3.63) is 18.3 Å². The molecule has 0 saturated carbocycles. The molecule has 1 rings (SSSR count). The van der Waals surface area contributed by atoms with Gasteiger partial charge in [-0.2, -0.15) is 0 Å². The molecule has 5 nitrogen and oxygen atoms in total. The number of rotatable bonds is 5. The molecule has 1 aromatic heterocycles. The number of carboxylic acid groups (broad SMARTS) is 1. The highest BCUT2D eigenvalue weighted by atomic mass is 16.5. The van der Waals surface area contributed by atoms with E-state index in [4.69, 9.17) is 9.84 Å². The van der Waals surface area contributed by atoms with Crippen LogP contribution in [-0.2, 0) is 4.79 Å².